The molecule has 0 N–H and O–H groups in total. The third kappa shape index (κ3) is 3.13. The number of nitrogens with zero attached hydrogens (tertiary/aromatic N) is 3. The van der Waals surface area contributed by atoms with E-state index in [2.05, 4.69) is 17.2 Å². The molecule has 1 aliphatic heterocycles. The first-order valence-electron chi connectivity index (χ1n) is 10.9. The standard InChI is InChI=1S/C24H27N3O3S/c1-15-24(16(2)26(3)25-15)31(29,30)27-13-5-7-19(14-27)23(28)21-12-11-18-10-9-17-6-4-8-20(21)22(17)18/h4,6,8,11-12,19H,5,7,9-10,13-14H2,1-3H3. The molecule has 1 aliphatic carbocycles. The van der Waals surface area contributed by atoms with Crippen LogP contribution in [0.2, 0.25) is 0 Å². The summed E-state index contributed by atoms with van der Waals surface area (Å²) in [5.74, 6) is -0.283. The average molecular weight is 438 g/mol. The lowest BCUT2D eigenvalue weighted by atomic mass is 9.88. The molecule has 2 aliphatic rings. The summed E-state index contributed by atoms with van der Waals surface area (Å²) in [6.07, 6.45) is 3.42. The van der Waals surface area contributed by atoms with Gasteiger partial charge in [-0.1, -0.05) is 30.3 Å². The summed E-state index contributed by atoms with van der Waals surface area (Å²) >= 11 is 0. The Hall–Kier alpha value is -2.51. The first-order valence-corrected chi connectivity index (χ1v) is 12.3. The minimum atomic E-state index is -3.70. The second kappa shape index (κ2) is 7.28. The third-order valence-electron chi connectivity index (χ3n) is 6.94. The van der Waals surface area contributed by atoms with E-state index >= 15 is 0 Å². The monoisotopic (exact) mass is 437 g/mol. The van der Waals surface area contributed by atoms with E-state index in [9.17, 15) is 13.2 Å². The Labute approximate surface area is 182 Å². The molecule has 7 heteroatoms. The SMILES string of the molecule is Cc1nn(C)c(C)c1S(=O)(=O)N1CCCC(C(=O)c2ccc3c4c(cccc24)CC3)C1. The number of benzene rings is 2. The average Bonchev–Trinajstić information content (AvgIpc) is 3.29. The highest BCUT2D eigenvalue weighted by Gasteiger charge is 2.37. The number of carbonyl (C=O) groups excluding carboxylic acids is 1. The zero-order chi connectivity index (χ0) is 21.9. The predicted molar refractivity (Wildman–Crippen MR) is 120 cm³/mol. The smallest absolute Gasteiger partial charge is 0.246 e. The molecule has 0 saturated carbocycles. The molecule has 1 unspecified atom stereocenters. The van der Waals surface area contributed by atoms with E-state index < -0.39 is 10.0 Å². The van der Waals surface area contributed by atoms with Gasteiger partial charge in [-0.3, -0.25) is 9.48 Å². The van der Waals surface area contributed by atoms with Gasteiger partial charge in [0.2, 0.25) is 10.0 Å². The fourth-order valence-electron chi connectivity index (χ4n) is 5.31. The normalized spacial score (nSPS) is 19.3. The second-order valence-electron chi connectivity index (χ2n) is 8.80. The highest BCUT2D eigenvalue weighted by molar-refractivity contribution is 7.89. The van der Waals surface area contributed by atoms with Crippen LogP contribution in [-0.2, 0) is 29.9 Å². The molecular weight excluding hydrogens is 410 g/mol. The number of ketones is 1. The first kappa shape index (κ1) is 20.4. The molecule has 0 amide bonds. The minimum absolute atomic E-state index is 0.0510. The highest BCUT2D eigenvalue weighted by atomic mass is 32.2. The van der Waals surface area contributed by atoms with Crippen LogP contribution in [0.15, 0.2) is 35.2 Å². The van der Waals surface area contributed by atoms with Gasteiger partial charge in [0.25, 0.3) is 0 Å². The molecule has 0 bridgehead atoms. The molecule has 1 saturated heterocycles. The fraction of sp³-hybridized carbons (Fsp3) is 0.417. The molecule has 0 spiro atoms. The van der Waals surface area contributed by atoms with E-state index in [1.54, 1.807) is 25.6 Å². The van der Waals surface area contributed by atoms with Gasteiger partial charge >= 0.3 is 0 Å². The van der Waals surface area contributed by atoms with Crippen LogP contribution in [0.3, 0.4) is 0 Å². The van der Waals surface area contributed by atoms with Crippen LogP contribution in [0.5, 0.6) is 0 Å². The van der Waals surface area contributed by atoms with Gasteiger partial charge in [-0.2, -0.15) is 9.40 Å². The number of Topliss-reactive ketones (excluding diaryl/α,β-unsaturated/α-hetero) is 1. The van der Waals surface area contributed by atoms with Crippen molar-refractivity contribution in [2.24, 2.45) is 13.0 Å². The molecule has 1 atom stereocenters. The Balaban J connectivity index is 1.48. The number of hydrogen-bond acceptors (Lipinski definition) is 4. The number of rotatable bonds is 4. The van der Waals surface area contributed by atoms with Gasteiger partial charge in [0, 0.05) is 31.6 Å². The Morgan fingerprint density at radius 3 is 2.55 bits per heavy atom. The number of aryl methyl sites for hydroxylation is 4. The van der Waals surface area contributed by atoms with Crippen LogP contribution in [0.4, 0.5) is 0 Å². The van der Waals surface area contributed by atoms with E-state index in [4.69, 9.17) is 0 Å². The zero-order valence-corrected chi connectivity index (χ0v) is 19.0. The van der Waals surface area contributed by atoms with Crippen LogP contribution in [0.25, 0.3) is 10.8 Å². The lowest BCUT2D eigenvalue weighted by molar-refractivity contribution is 0.0874. The van der Waals surface area contributed by atoms with Crippen LogP contribution < -0.4 is 0 Å². The molecule has 1 fully saturated rings. The van der Waals surface area contributed by atoms with Gasteiger partial charge in [-0.15, -0.1) is 0 Å². The Kier molecular flexibility index (Phi) is 4.79. The molecule has 31 heavy (non-hydrogen) atoms. The van der Waals surface area contributed by atoms with Crippen molar-refractivity contribution in [2.45, 2.75) is 44.4 Å². The minimum Gasteiger partial charge on any atom is -0.294 e. The molecule has 162 valence electrons. The maximum absolute atomic E-state index is 13.6. The third-order valence-corrected chi connectivity index (χ3v) is 9.06. The van der Waals surface area contributed by atoms with Crippen LogP contribution in [-0.4, -0.2) is 41.4 Å². The second-order valence-corrected chi connectivity index (χ2v) is 10.7. The summed E-state index contributed by atoms with van der Waals surface area (Å²) in [6, 6.07) is 10.2. The van der Waals surface area contributed by atoms with Crippen LogP contribution in [0, 0.1) is 19.8 Å². The Bertz CT molecular complexity index is 1310. The van der Waals surface area contributed by atoms with Gasteiger partial charge in [0.05, 0.1) is 11.4 Å². The Morgan fingerprint density at radius 2 is 1.84 bits per heavy atom. The van der Waals surface area contributed by atoms with E-state index in [1.807, 2.05) is 18.2 Å². The number of aromatic nitrogens is 2. The van der Waals surface area contributed by atoms with E-state index in [0.717, 1.165) is 23.8 Å². The predicted octanol–water partition coefficient (Wildman–Crippen LogP) is 3.57. The van der Waals surface area contributed by atoms with Crippen molar-refractivity contribution in [1.29, 1.82) is 0 Å². The van der Waals surface area contributed by atoms with Crippen LogP contribution >= 0.6 is 0 Å². The summed E-state index contributed by atoms with van der Waals surface area (Å²) in [5, 5.41) is 6.50. The van der Waals surface area contributed by atoms with Gasteiger partial charge in [-0.25, -0.2) is 8.42 Å². The number of piperidine rings is 1. The summed E-state index contributed by atoms with van der Waals surface area (Å²) in [7, 11) is -1.95. The molecule has 5 rings (SSSR count). The Morgan fingerprint density at radius 1 is 1.10 bits per heavy atom. The van der Waals surface area contributed by atoms with Crippen LogP contribution in [0.1, 0.15) is 45.7 Å². The molecule has 2 heterocycles. The van der Waals surface area contributed by atoms with Gasteiger partial charge < -0.3 is 0 Å². The molecule has 6 nitrogen and oxygen atoms in total. The molecule has 3 aromatic rings. The maximum Gasteiger partial charge on any atom is 0.246 e. The number of carbonyl (C=O) groups is 1. The number of sulfonamides is 1. The van der Waals surface area contributed by atoms with Gasteiger partial charge in [0.15, 0.2) is 5.78 Å². The zero-order valence-electron chi connectivity index (χ0n) is 18.2. The largest absolute Gasteiger partial charge is 0.294 e. The quantitative estimate of drug-likeness (QED) is 0.585. The van der Waals surface area contributed by atoms with Crippen molar-refractivity contribution in [3.63, 3.8) is 0 Å². The van der Waals surface area contributed by atoms with Crippen molar-refractivity contribution in [1.82, 2.24) is 14.1 Å². The first-order chi connectivity index (χ1) is 14.8. The number of hydrogen-bond donors (Lipinski definition) is 0. The molecule has 0 radical (unpaired) electrons. The van der Waals surface area contributed by atoms with Crippen molar-refractivity contribution in [2.75, 3.05) is 13.1 Å². The van der Waals surface area contributed by atoms with E-state index in [-0.39, 0.29) is 23.1 Å². The fourth-order valence-corrected chi connectivity index (χ4v) is 7.24. The van der Waals surface area contributed by atoms with Crippen molar-refractivity contribution >= 4 is 26.6 Å². The summed E-state index contributed by atoms with van der Waals surface area (Å²) in [6.45, 7) is 4.15. The molecule has 1 aromatic heterocycles. The van der Waals surface area contributed by atoms with Crippen molar-refractivity contribution in [3.8, 4) is 0 Å². The topological polar surface area (TPSA) is 72.3 Å². The summed E-state index contributed by atoms with van der Waals surface area (Å²) in [5.41, 5.74) is 4.45. The van der Waals surface area contributed by atoms with Crippen molar-refractivity contribution in [3.05, 3.63) is 58.4 Å². The molecule has 2 aromatic carbocycles. The summed E-state index contributed by atoms with van der Waals surface area (Å²) in [4.78, 5) is 13.8. The van der Waals surface area contributed by atoms with Crippen molar-refractivity contribution < 1.29 is 13.2 Å². The van der Waals surface area contributed by atoms with Gasteiger partial charge in [-0.05, 0) is 61.4 Å². The van der Waals surface area contributed by atoms with E-state index in [1.165, 1.54) is 20.8 Å². The lowest BCUT2D eigenvalue weighted by Gasteiger charge is -2.31. The summed E-state index contributed by atoms with van der Waals surface area (Å²) < 4.78 is 29.9. The molecular formula is C24H27N3O3S. The van der Waals surface area contributed by atoms with E-state index in [0.29, 0.717) is 30.8 Å². The maximum atomic E-state index is 13.6. The van der Waals surface area contributed by atoms with Gasteiger partial charge in [0.1, 0.15) is 4.90 Å². The lowest BCUT2D eigenvalue weighted by Crippen LogP contribution is -2.42. The highest BCUT2D eigenvalue weighted by Crippen LogP contribution is 2.35.